The van der Waals surface area contributed by atoms with Crippen LogP contribution < -0.4 is 19.5 Å². The highest BCUT2D eigenvalue weighted by Gasteiger charge is 2.20. The van der Waals surface area contributed by atoms with Crippen LogP contribution in [0.15, 0.2) is 48.8 Å². The molecular weight excluding hydrogens is 372 g/mol. The van der Waals surface area contributed by atoms with Crippen molar-refractivity contribution in [1.29, 1.82) is 0 Å². The molecule has 0 radical (unpaired) electrons. The number of aromatic nitrogens is 3. The van der Waals surface area contributed by atoms with E-state index in [1.54, 1.807) is 18.3 Å². The van der Waals surface area contributed by atoms with Gasteiger partial charge in [-0.25, -0.2) is 4.98 Å². The number of H-pyrrole nitrogens is 2. The van der Waals surface area contributed by atoms with Crippen molar-refractivity contribution in [3.05, 3.63) is 60.0 Å². The lowest BCUT2D eigenvalue weighted by Crippen LogP contribution is -2.04. The Morgan fingerprint density at radius 3 is 2.41 bits per heavy atom. The van der Waals surface area contributed by atoms with Crippen molar-refractivity contribution in [2.24, 2.45) is 0 Å². The molecule has 8 heteroatoms. The molecule has 0 spiro atoms. The van der Waals surface area contributed by atoms with E-state index in [1.807, 2.05) is 30.5 Å². The number of fused-ring (bicyclic) bond motifs is 1. The van der Waals surface area contributed by atoms with Crippen molar-refractivity contribution in [3.63, 3.8) is 0 Å². The molecule has 0 fully saturated rings. The quantitative estimate of drug-likeness (QED) is 0.413. The predicted molar refractivity (Wildman–Crippen MR) is 110 cm³/mol. The number of methoxy groups -OCH3 is 3. The standard InChI is InChI=1S/C21H20N4O4/c1-27-17-9-13(10-18(28-2)20(17)29-3)19(26)16-11-23-21(25-16)24-14-4-5-15-12(8-14)6-7-22-15/h4-11,22H,1-3H3,(H2,23,24,25). The molecule has 29 heavy (non-hydrogen) atoms. The van der Waals surface area contributed by atoms with E-state index >= 15 is 0 Å². The number of hydrogen-bond acceptors (Lipinski definition) is 6. The summed E-state index contributed by atoms with van der Waals surface area (Å²) in [6, 6.07) is 11.1. The number of anilines is 2. The van der Waals surface area contributed by atoms with Crippen LogP contribution in [0.1, 0.15) is 16.1 Å². The molecule has 0 aliphatic heterocycles. The number of ketones is 1. The number of imidazole rings is 1. The Hall–Kier alpha value is -3.94. The summed E-state index contributed by atoms with van der Waals surface area (Å²) in [5, 5.41) is 4.25. The number of carbonyl (C=O) groups is 1. The van der Waals surface area contributed by atoms with E-state index in [0.29, 0.717) is 28.8 Å². The molecule has 0 saturated heterocycles. The first-order chi connectivity index (χ1) is 14.1. The Morgan fingerprint density at radius 1 is 0.966 bits per heavy atom. The Morgan fingerprint density at radius 2 is 1.72 bits per heavy atom. The minimum atomic E-state index is -0.269. The van der Waals surface area contributed by atoms with Crippen LogP contribution in [0, 0.1) is 0 Å². The zero-order chi connectivity index (χ0) is 20.4. The van der Waals surface area contributed by atoms with Gasteiger partial charge in [-0.3, -0.25) is 4.79 Å². The van der Waals surface area contributed by atoms with E-state index in [4.69, 9.17) is 14.2 Å². The van der Waals surface area contributed by atoms with E-state index in [9.17, 15) is 4.79 Å². The fourth-order valence-electron chi connectivity index (χ4n) is 3.13. The van der Waals surface area contributed by atoms with Crippen LogP contribution in [-0.4, -0.2) is 42.1 Å². The van der Waals surface area contributed by atoms with E-state index in [1.165, 1.54) is 21.3 Å². The van der Waals surface area contributed by atoms with Crippen LogP contribution in [0.3, 0.4) is 0 Å². The van der Waals surface area contributed by atoms with Gasteiger partial charge in [0.2, 0.25) is 17.5 Å². The van der Waals surface area contributed by atoms with Crippen molar-refractivity contribution in [3.8, 4) is 17.2 Å². The van der Waals surface area contributed by atoms with Crippen LogP contribution in [-0.2, 0) is 0 Å². The molecule has 4 aromatic rings. The van der Waals surface area contributed by atoms with Gasteiger partial charge in [-0.2, -0.15) is 0 Å². The fraction of sp³-hybridized carbons (Fsp3) is 0.143. The monoisotopic (exact) mass is 392 g/mol. The zero-order valence-corrected chi connectivity index (χ0v) is 16.2. The van der Waals surface area contributed by atoms with Gasteiger partial charge < -0.3 is 29.5 Å². The average Bonchev–Trinajstić information content (AvgIpc) is 3.41. The van der Waals surface area contributed by atoms with E-state index in [2.05, 4.69) is 20.3 Å². The third-order valence-electron chi connectivity index (χ3n) is 4.55. The van der Waals surface area contributed by atoms with Gasteiger partial charge in [-0.1, -0.05) is 0 Å². The Bertz CT molecular complexity index is 1150. The first-order valence-electron chi connectivity index (χ1n) is 8.87. The number of nitrogens with zero attached hydrogens (tertiary/aromatic N) is 1. The van der Waals surface area contributed by atoms with Gasteiger partial charge in [0.05, 0.1) is 21.3 Å². The normalized spacial score (nSPS) is 10.7. The van der Waals surface area contributed by atoms with Gasteiger partial charge >= 0.3 is 0 Å². The summed E-state index contributed by atoms with van der Waals surface area (Å²) in [6.07, 6.45) is 3.44. The summed E-state index contributed by atoms with van der Waals surface area (Å²) in [6.45, 7) is 0. The van der Waals surface area contributed by atoms with Gasteiger partial charge in [0.15, 0.2) is 11.5 Å². The smallest absolute Gasteiger partial charge is 0.213 e. The topological polar surface area (TPSA) is 101 Å². The number of benzene rings is 2. The molecule has 0 unspecified atom stereocenters. The predicted octanol–water partition coefficient (Wildman–Crippen LogP) is 3.89. The van der Waals surface area contributed by atoms with Crippen molar-refractivity contribution in [2.75, 3.05) is 26.6 Å². The highest BCUT2D eigenvalue weighted by Crippen LogP contribution is 2.38. The van der Waals surface area contributed by atoms with Gasteiger partial charge in [0.1, 0.15) is 5.69 Å². The first-order valence-corrected chi connectivity index (χ1v) is 8.87. The van der Waals surface area contributed by atoms with Crippen LogP contribution in [0.4, 0.5) is 11.6 Å². The summed E-state index contributed by atoms with van der Waals surface area (Å²) < 4.78 is 15.9. The van der Waals surface area contributed by atoms with E-state index in [-0.39, 0.29) is 11.5 Å². The number of nitrogens with one attached hydrogen (secondary N) is 3. The first kappa shape index (κ1) is 18.4. The molecule has 148 valence electrons. The third-order valence-corrected chi connectivity index (χ3v) is 4.55. The van der Waals surface area contributed by atoms with Gasteiger partial charge in [-0.15, -0.1) is 0 Å². The maximum atomic E-state index is 12.9. The second-order valence-electron chi connectivity index (χ2n) is 6.28. The van der Waals surface area contributed by atoms with Crippen LogP contribution in [0.2, 0.25) is 0 Å². The van der Waals surface area contributed by atoms with Crippen LogP contribution in [0.5, 0.6) is 17.2 Å². The number of rotatable bonds is 7. The Kier molecular flexibility index (Phi) is 4.82. The molecule has 0 saturated carbocycles. The second-order valence-corrected chi connectivity index (χ2v) is 6.28. The largest absolute Gasteiger partial charge is 0.493 e. The summed E-state index contributed by atoms with van der Waals surface area (Å²) in [7, 11) is 4.52. The van der Waals surface area contributed by atoms with Crippen molar-refractivity contribution < 1.29 is 19.0 Å². The molecule has 0 aliphatic carbocycles. The summed E-state index contributed by atoms with van der Waals surface area (Å²) in [5.41, 5.74) is 2.56. The summed E-state index contributed by atoms with van der Waals surface area (Å²) >= 11 is 0. The Labute approximate surface area is 166 Å². The molecule has 0 aliphatic rings. The molecule has 8 nitrogen and oxygen atoms in total. The van der Waals surface area contributed by atoms with Gasteiger partial charge in [0.25, 0.3) is 0 Å². The molecule has 2 aromatic carbocycles. The van der Waals surface area contributed by atoms with E-state index in [0.717, 1.165) is 16.6 Å². The minimum Gasteiger partial charge on any atom is -0.493 e. The minimum absolute atomic E-state index is 0.268. The summed E-state index contributed by atoms with van der Waals surface area (Å²) in [5.74, 6) is 1.44. The SMILES string of the molecule is COc1cc(C(=O)c2c[nH]c(Nc3ccc4[nH]ccc4c3)n2)cc(OC)c1OC. The maximum absolute atomic E-state index is 12.9. The van der Waals surface area contributed by atoms with Crippen molar-refractivity contribution >= 4 is 28.3 Å². The molecule has 4 rings (SSSR count). The van der Waals surface area contributed by atoms with Gasteiger partial charge in [0, 0.05) is 34.5 Å². The summed E-state index contributed by atoms with van der Waals surface area (Å²) in [4.78, 5) is 23.4. The van der Waals surface area contributed by atoms with Crippen LogP contribution in [0.25, 0.3) is 10.9 Å². The highest BCUT2D eigenvalue weighted by molar-refractivity contribution is 6.08. The van der Waals surface area contributed by atoms with Crippen molar-refractivity contribution in [1.82, 2.24) is 15.0 Å². The molecular formula is C21H20N4O4. The lowest BCUT2D eigenvalue weighted by Gasteiger charge is -2.13. The fourth-order valence-corrected chi connectivity index (χ4v) is 3.13. The third kappa shape index (κ3) is 3.47. The number of hydrogen-bond donors (Lipinski definition) is 3. The average molecular weight is 392 g/mol. The molecule has 2 heterocycles. The molecule has 0 amide bonds. The molecule has 3 N–H and O–H groups in total. The second kappa shape index (κ2) is 7.59. The highest BCUT2D eigenvalue weighted by atomic mass is 16.5. The lowest BCUT2D eigenvalue weighted by atomic mass is 10.1. The van der Waals surface area contributed by atoms with Crippen LogP contribution >= 0.6 is 0 Å². The van der Waals surface area contributed by atoms with E-state index < -0.39 is 0 Å². The van der Waals surface area contributed by atoms with Crippen molar-refractivity contribution in [2.45, 2.75) is 0 Å². The number of carbonyl (C=O) groups excluding carboxylic acids is 1. The molecule has 0 atom stereocenters. The Balaban J connectivity index is 1.59. The molecule has 0 bridgehead atoms. The lowest BCUT2D eigenvalue weighted by molar-refractivity contribution is 0.103. The number of aromatic amines is 2. The van der Waals surface area contributed by atoms with Gasteiger partial charge in [-0.05, 0) is 36.4 Å². The zero-order valence-electron chi connectivity index (χ0n) is 16.2. The molecule has 2 aromatic heterocycles. The number of ether oxygens (including phenoxy) is 3. The maximum Gasteiger partial charge on any atom is 0.213 e.